The molecule has 0 bridgehead atoms. The lowest BCUT2D eigenvalue weighted by Crippen LogP contribution is -1.97. The molecule has 2 rings (SSSR count). The predicted molar refractivity (Wildman–Crippen MR) is 58.0 cm³/mol. The van der Waals surface area contributed by atoms with Crippen molar-refractivity contribution in [2.45, 2.75) is 0 Å². The Bertz CT molecular complexity index is 537. The van der Waals surface area contributed by atoms with Gasteiger partial charge in [0.2, 0.25) is 0 Å². The van der Waals surface area contributed by atoms with Gasteiger partial charge in [0.05, 0.1) is 16.7 Å². The summed E-state index contributed by atoms with van der Waals surface area (Å²) in [4.78, 5) is 22.5. The Labute approximate surface area is 92.7 Å². The minimum absolute atomic E-state index is 0.237. The van der Waals surface area contributed by atoms with Crippen molar-refractivity contribution in [1.82, 2.24) is 0 Å². The first kappa shape index (κ1) is 10.1. The zero-order valence-corrected chi connectivity index (χ0v) is 9.28. The highest BCUT2D eigenvalue weighted by molar-refractivity contribution is 7.38. The number of esters is 1. The van der Waals surface area contributed by atoms with Crippen LogP contribution in [0.1, 0.15) is 20.0 Å². The smallest absolute Gasteiger partial charge is 0.348 e. The summed E-state index contributed by atoms with van der Waals surface area (Å²) in [5.74, 6) is -1.41. The van der Waals surface area contributed by atoms with E-state index in [2.05, 4.69) is 4.74 Å². The molecule has 6 heteroatoms. The van der Waals surface area contributed by atoms with Crippen molar-refractivity contribution in [3.05, 3.63) is 21.9 Å². The number of methoxy groups -OCH3 is 1. The van der Waals surface area contributed by atoms with E-state index >= 15 is 0 Å². The molecule has 2 aromatic heterocycles. The summed E-state index contributed by atoms with van der Waals surface area (Å²) in [6, 6.07) is 1.56. The second-order valence-corrected chi connectivity index (χ2v) is 4.95. The van der Waals surface area contributed by atoms with Gasteiger partial charge in [0, 0.05) is 10.8 Å². The van der Waals surface area contributed by atoms with Crippen molar-refractivity contribution in [2.24, 2.45) is 0 Å². The maximum atomic E-state index is 11.2. The summed E-state index contributed by atoms with van der Waals surface area (Å²) < 4.78 is 5.39. The lowest BCUT2D eigenvalue weighted by Gasteiger charge is -1.91. The molecule has 15 heavy (non-hydrogen) atoms. The second kappa shape index (κ2) is 3.63. The van der Waals surface area contributed by atoms with Crippen LogP contribution in [-0.2, 0) is 4.74 Å². The average molecular weight is 242 g/mol. The van der Waals surface area contributed by atoms with Crippen molar-refractivity contribution in [3.8, 4) is 0 Å². The lowest BCUT2D eigenvalue weighted by molar-refractivity contribution is 0.0605. The Morgan fingerprint density at radius 2 is 2.20 bits per heavy atom. The number of carbonyl (C=O) groups is 2. The van der Waals surface area contributed by atoms with Gasteiger partial charge in [0.25, 0.3) is 0 Å². The quantitative estimate of drug-likeness (QED) is 0.821. The third-order valence-electron chi connectivity index (χ3n) is 1.89. The number of hydrogen-bond donors (Lipinski definition) is 1. The Morgan fingerprint density at radius 3 is 2.80 bits per heavy atom. The van der Waals surface area contributed by atoms with Crippen molar-refractivity contribution in [1.29, 1.82) is 0 Å². The molecular weight excluding hydrogens is 236 g/mol. The second-order valence-electron chi connectivity index (χ2n) is 2.76. The normalized spacial score (nSPS) is 10.5. The predicted octanol–water partition coefficient (Wildman–Crippen LogP) is 2.45. The van der Waals surface area contributed by atoms with Crippen molar-refractivity contribution < 1.29 is 19.4 Å². The number of ether oxygens (including phenoxy) is 1. The minimum Gasteiger partial charge on any atom is -0.478 e. The van der Waals surface area contributed by atoms with Gasteiger partial charge < -0.3 is 9.84 Å². The third kappa shape index (κ3) is 1.62. The molecule has 0 saturated heterocycles. The Kier molecular flexibility index (Phi) is 2.45. The molecule has 0 aliphatic heterocycles. The van der Waals surface area contributed by atoms with Crippen molar-refractivity contribution in [2.75, 3.05) is 7.11 Å². The molecule has 2 aromatic rings. The number of hydrogen-bond acceptors (Lipinski definition) is 5. The molecule has 0 unspecified atom stereocenters. The number of carboxylic acid groups (broad SMARTS) is 1. The molecule has 2 heterocycles. The SMILES string of the molecule is COC(=O)c1cc2c(C(=O)O)csc2s1. The van der Waals surface area contributed by atoms with Gasteiger partial charge in [-0.1, -0.05) is 0 Å². The van der Waals surface area contributed by atoms with Gasteiger partial charge in [0.15, 0.2) is 0 Å². The van der Waals surface area contributed by atoms with Crippen LogP contribution < -0.4 is 0 Å². The highest BCUT2D eigenvalue weighted by Gasteiger charge is 2.17. The van der Waals surface area contributed by atoms with E-state index in [1.807, 2.05) is 0 Å². The van der Waals surface area contributed by atoms with Crippen LogP contribution in [0, 0.1) is 0 Å². The lowest BCUT2D eigenvalue weighted by atomic mass is 10.2. The van der Waals surface area contributed by atoms with E-state index in [-0.39, 0.29) is 5.56 Å². The Balaban J connectivity index is 2.57. The monoisotopic (exact) mass is 242 g/mol. The molecular formula is C9H6O4S2. The Morgan fingerprint density at radius 1 is 1.47 bits per heavy atom. The molecule has 0 fully saturated rings. The van der Waals surface area contributed by atoms with Gasteiger partial charge in [0.1, 0.15) is 4.88 Å². The van der Waals surface area contributed by atoms with Gasteiger partial charge in [-0.05, 0) is 6.07 Å². The molecule has 0 aromatic carbocycles. The van der Waals surface area contributed by atoms with Crippen LogP contribution in [0.25, 0.3) is 9.40 Å². The Hall–Kier alpha value is -1.40. The largest absolute Gasteiger partial charge is 0.478 e. The number of thiophene rings is 2. The van der Waals surface area contributed by atoms with Crippen LogP contribution in [0.4, 0.5) is 0 Å². The van der Waals surface area contributed by atoms with Crippen LogP contribution in [0.3, 0.4) is 0 Å². The topological polar surface area (TPSA) is 63.6 Å². The highest BCUT2D eigenvalue weighted by Crippen LogP contribution is 2.34. The summed E-state index contributed by atoms with van der Waals surface area (Å²) in [6.45, 7) is 0. The average Bonchev–Trinajstić information content (AvgIpc) is 2.73. The van der Waals surface area contributed by atoms with Gasteiger partial charge in [-0.15, -0.1) is 22.7 Å². The highest BCUT2D eigenvalue weighted by atomic mass is 32.2. The number of carbonyl (C=O) groups excluding carboxylic acids is 1. The van der Waals surface area contributed by atoms with Gasteiger partial charge in [-0.3, -0.25) is 0 Å². The molecule has 0 aliphatic carbocycles. The fourth-order valence-electron chi connectivity index (χ4n) is 1.19. The molecule has 4 nitrogen and oxygen atoms in total. The standard InChI is InChI=1S/C9H6O4S2/c1-13-8(12)6-2-4-5(7(10)11)3-14-9(4)15-6/h2-3H,1H3,(H,10,11). The molecule has 1 N–H and O–H groups in total. The van der Waals surface area contributed by atoms with Crippen LogP contribution in [0.15, 0.2) is 11.4 Å². The third-order valence-corrected chi connectivity index (χ3v) is 4.12. The zero-order chi connectivity index (χ0) is 11.0. The molecule has 0 saturated carbocycles. The first-order valence-electron chi connectivity index (χ1n) is 3.96. The minimum atomic E-state index is -0.976. The molecule has 0 radical (unpaired) electrons. The summed E-state index contributed by atoms with van der Waals surface area (Å²) in [7, 11) is 1.30. The molecule has 78 valence electrons. The molecule has 0 atom stereocenters. The fraction of sp³-hybridized carbons (Fsp3) is 0.111. The van der Waals surface area contributed by atoms with E-state index in [4.69, 9.17) is 5.11 Å². The maximum Gasteiger partial charge on any atom is 0.348 e. The number of carboxylic acids is 1. The van der Waals surface area contributed by atoms with E-state index < -0.39 is 11.9 Å². The number of fused-ring (bicyclic) bond motifs is 1. The summed E-state index contributed by atoms with van der Waals surface area (Å²) >= 11 is 2.57. The van der Waals surface area contributed by atoms with Crippen LogP contribution >= 0.6 is 22.7 Å². The van der Waals surface area contributed by atoms with Crippen LogP contribution in [0.5, 0.6) is 0 Å². The van der Waals surface area contributed by atoms with Crippen molar-refractivity contribution >= 4 is 44.0 Å². The first-order chi connectivity index (χ1) is 7.13. The molecule has 0 aliphatic rings. The van der Waals surface area contributed by atoms with Crippen LogP contribution in [0.2, 0.25) is 0 Å². The zero-order valence-electron chi connectivity index (χ0n) is 7.64. The van der Waals surface area contributed by atoms with Gasteiger partial charge in [-0.2, -0.15) is 0 Å². The van der Waals surface area contributed by atoms with E-state index in [0.29, 0.717) is 10.3 Å². The van der Waals surface area contributed by atoms with Gasteiger partial charge >= 0.3 is 11.9 Å². The fourth-order valence-corrected chi connectivity index (χ4v) is 3.37. The summed E-state index contributed by atoms with van der Waals surface area (Å²) in [6.07, 6.45) is 0. The van der Waals surface area contributed by atoms with Crippen LogP contribution in [-0.4, -0.2) is 24.2 Å². The van der Waals surface area contributed by atoms with Gasteiger partial charge in [-0.25, -0.2) is 9.59 Å². The molecule has 0 amide bonds. The van der Waals surface area contributed by atoms with E-state index in [1.165, 1.54) is 29.8 Å². The van der Waals surface area contributed by atoms with E-state index in [1.54, 1.807) is 11.4 Å². The summed E-state index contributed by atoms with van der Waals surface area (Å²) in [5, 5.41) is 11.1. The number of rotatable bonds is 2. The first-order valence-corrected chi connectivity index (χ1v) is 5.65. The number of aromatic carboxylic acids is 1. The van der Waals surface area contributed by atoms with E-state index in [0.717, 1.165) is 4.01 Å². The van der Waals surface area contributed by atoms with E-state index in [9.17, 15) is 9.59 Å². The molecule has 0 spiro atoms. The van der Waals surface area contributed by atoms with Crippen molar-refractivity contribution in [3.63, 3.8) is 0 Å². The summed E-state index contributed by atoms with van der Waals surface area (Å²) in [5.41, 5.74) is 0.237. The maximum absolute atomic E-state index is 11.2.